The second-order valence-electron chi connectivity index (χ2n) is 2.42. The van der Waals surface area contributed by atoms with E-state index in [4.69, 9.17) is 9.47 Å². The van der Waals surface area contributed by atoms with Gasteiger partial charge in [0.2, 0.25) is 6.29 Å². The van der Waals surface area contributed by atoms with Crippen molar-refractivity contribution in [3.8, 4) is 0 Å². The van der Waals surface area contributed by atoms with E-state index in [1.54, 1.807) is 6.92 Å². The maximum absolute atomic E-state index is 10.4. The van der Waals surface area contributed by atoms with Gasteiger partial charge in [0.15, 0.2) is 12.6 Å². The highest BCUT2D eigenvalue weighted by atomic mass is 16.7. The predicted octanol–water partition coefficient (Wildman–Crippen LogP) is -0.223. The summed E-state index contributed by atoms with van der Waals surface area (Å²) in [6.45, 7) is 1.62. The smallest absolute Gasteiger partial charge is 0.214 e. The van der Waals surface area contributed by atoms with Gasteiger partial charge in [-0.3, -0.25) is 4.79 Å². The third-order valence-electron chi connectivity index (χ3n) is 1.56. The van der Waals surface area contributed by atoms with Crippen molar-refractivity contribution in [3.05, 3.63) is 0 Å². The lowest BCUT2D eigenvalue weighted by molar-refractivity contribution is -0.177. The molecule has 0 saturated heterocycles. The Morgan fingerprint density at radius 2 is 1.69 bits per heavy atom. The molecule has 76 valence electrons. The summed E-state index contributed by atoms with van der Waals surface area (Å²) in [5.41, 5.74) is 0. The molecule has 0 heterocycles. The number of carbonyl (C=O) groups excluding carboxylic acids is 2. The third-order valence-corrected chi connectivity index (χ3v) is 1.56. The molecule has 0 aromatic heterocycles. The molecule has 0 radical (unpaired) electrons. The van der Waals surface area contributed by atoms with Gasteiger partial charge in [0.25, 0.3) is 0 Å². The number of carbonyl (C=O) groups is 2. The van der Waals surface area contributed by atoms with Crippen molar-refractivity contribution in [2.45, 2.75) is 25.4 Å². The molecule has 3 atom stereocenters. The molecule has 0 aliphatic heterocycles. The van der Waals surface area contributed by atoms with Crippen molar-refractivity contribution in [2.75, 3.05) is 14.2 Å². The number of rotatable bonds is 7. The summed E-state index contributed by atoms with van der Waals surface area (Å²) in [5.74, 6) is 0. The second-order valence-corrected chi connectivity index (χ2v) is 2.42. The highest BCUT2D eigenvalue weighted by Crippen LogP contribution is 2.03. The van der Waals surface area contributed by atoms with Crippen LogP contribution in [0.15, 0.2) is 0 Å². The SMILES string of the molecule is CO[C@H](C=O)O[C@H](C)[C@H](C=O)OC. The lowest BCUT2D eigenvalue weighted by atomic mass is 10.2. The Labute approximate surface area is 77.0 Å². The Hall–Kier alpha value is -0.780. The van der Waals surface area contributed by atoms with Gasteiger partial charge in [0.05, 0.1) is 6.10 Å². The van der Waals surface area contributed by atoms with Crippen LogP contribution in [-0.4, -0.2) is 45.3 Å². The summed E-state index contributed by atoms with van der Waals surface area (Å²) >= 11 is 0. The fraction of sp³-hybridized carbons (Fsp3) is 0.750. The summed E-state index contributed by atoms with van der Waals surface area (Å²) in [6, 6.07) is 0. The fourth-order valence-electron chi connectivity index (χ4n) is 0.790. The Bertz CT molecular complexity index is 159. The van der Waals surface area contributed by atoms with Gasteiger partial charge in [-0.05, 0) is 6.92 Å². The molecule has 0 N–H and O–H groups in total. The van der Waals surface area contributed by atoms with Crippen LogP contribution >= 0.6 is 0 Å². The van der Waals surface area contributed by atoms with Gasteiger partial charge in [0.1, 0.15) is 6.10 Å². The largest absolute Gasteiger partial charge is 0.371 e. The van der Waals surface area contributed by atoms with E-state index in [2.05, 4.69) is 4.74 Å². The zero-order valence-corrected chi connectivity index (χ0v) is 7.93. The highest BCUT2D eigenvalue weighted by molar-refractivity contribution is 5.57. The van der Waals surface area contributed by atoms with E-state index in [0.29, 0.717) is 12.6 Å². The first-order valence-corrected chi connectivity index (χ1v) is 3.81. The van der Waals surface area contributed by atoms with Crippen LogP contribution in [0.4, 0.5) is 0 Å². The fourth-order valence-corrected chi connectivity index (χ4v) is 0.790. The van der Waals surface area contributed by atoms with Crippen LogP contribution in [0.2, 0.25) is 0 Å². The van der Waals surface area contributed by atoms with Gasteiger partial charge >= 0.3 is 0 Å². The lowest BCUT2D eigenvalue weighted by Gasteiger charge is -2.20. The van der Waals surface area contributed by atoms with Crippen molar-refractivity contribution in [1.29, 1.82) is 0 Å². The van der Waals surface area contributed by atoms with Crippen LogP contribution in [-0.2, 0) is 23.8 Å². The van der Waals surface area contributed by atoms with Crippen molar-refractivity contribution in [1.82, 2.24) is 0 Å². The maximum Gasteiger partial charge on any atom is 0.214 e. The summed E-state index contributed by atoms with van der Waals surface area (Å²) in [4.78, 5) is 20.7. The average Bonchev–Trinajstić information content (AvgIpc) is 2.16. The summed E-state index contributed by atoms with van der Waals surface area (Å²) < 4.78 is 14.5. The van der Waals surface area contributed by atoms with Crippen LogP contribution in [0.25, 0.3) is 0 Å². The van der Waals surface area contributed by atoms with Crippen LogP contribution in [0.1, 0.15) is 6.92 Å². The third kappa shape index (κ3) is 4.12. The lowest BCUT2D eigenvalue weighted by Crippen LogP contribution is -2.34. The van der Waals surface area contributed by atoms with Gasteiger partial charge in [0, 0.05) is 14.2 Å². The quantitative estimate of drug-likeness (QED) is 0.410. The van der Waals surface area contributed by atoms with Crippen molar-refractivity contribution >= 4 is 12.6 Å². The van der Waals surface area contributed by atoms with Gasteiger partial charge in [-0.2, -0.15) is 0 Å². The number of aldehydes is 2. The van der Waals surface area contributed by atoms with Gasteiger partial charge < -0.3 is 19.0 Å². The van der Waals surface area contributed by atoms with Gasteiger partial charge in [-0.1, -0.05) is 0 Å². The predicted molar refractivity (Wildman–Crippen MR) is 44.3 cm³/mol. The van der Waals surface area contributed by atoms with E-state index in [-0.39, 0.29) is 0 Å². The Kier molecular flexibility index (Phi) is 6.30. The molecule has 13 heavy (non-hydrogen) atoms. The standard InChI is InChI=1S/C8H14O5/c1-6(7(4-9)11-2)13-8(5-10)12-3/h4-8H,1-3H3/t6-,7+,8+/m1/s1. The number of hydrogen-bond donors (Lipinski definition) is 0. The molecule has 0 bridgehead atoms. The molecule has 0 amide bonds. The number of methoxy groups -OCH3 is 2. The van der Waals surface area contributed by atoms with E-state index < -0.39 is 18.5 Å². The molecule has 0 aliphatic rings. The topological polar surface area (TPSA) is 61.8 Å². The molecule has 0 spiro atoms. The molecule has 0 aliphatic carbocycles. The Balaban J connectivity index is 4.01. The minimum absolute atomic E-state index is 0.508. The molecule has 0 unspecified atom stereocenters. The molecule has 0 rings (SSSR count). The summed E-state index contributed by atoms with van der Waals surface area (Å²) in [6.07, 6.45) is -1.03. The van der Waals surface area contributed by atoms with Crippen LogP contribution in [0, 0.1) is 0 Å². The Morgan fingerprint density at radius 1 is 1.08 bits per heavy atom. The first kappa shape index (κ1) is 12.2. The molecular weight excluding hydrogens is 176 g/mol. The summed E-state index contributed by atoms with van der Waals surface area (Å²) in [7, 11) is 2.73. The number of hydrogen-bond acceptors (Lipinski definition) is 5. The first-order chi connectivity index (χ1) is 6.19. The van der Waals surface area contributed by atoms with Crippen LogP contribution in [0.5, 0.6) is 0 Å². The van der Waals surface area contributed by atoms with E-state index in [9.17, 15) is 9.59 Å². The van der Waals surface area contributed by atoms with Crippen molar-refractivity contribution in [3.63, 3.8) is 0 Å². The first-order valence-electron chi connectivity index (χ1n) is 3.81. The van der Waals surface area contributed by atoms with Crippen molar-refractivity contribution in [2.24, 2.45) is 0 Å². The van der Waals surface area contributed by atoms with Crippen LogP contribution in [0.3, 0.4) is 0 Å². The molecule has 5 nitrogen and oxygen atoms in total. The minimum atomic E-state index is -0.951. The molecule has 0 saturated carbocycles. The van der Waals surface area contributed by atoms with Crippen molar-refractivity contribution < 1.29 is 23.8 Å². The van der Waals surface area contributed by atoms with E-state index in [0.717, 1.165) is 0 Å². The summed E-state index contributed by atoms with van der Waals surface area (Å²) in [5, 5.41) is 0. The van der Waals surface area contributed by atoms with Gasteiger partial charge in [-0.15, -0.1) is 0 Å². The average molecular weight is 190 g/mol. The normalized spacial score (nSPS) is 17.5. The number of ether oxygens (including phenoxy) is 3. The second kappa shape index (κ2) is 6.71. The molecule has 0 fully saturated rings. The minimum Gasteiger partial charge on any atom is -0.371 e. The van der Waals surface area contributed by atoms with E-state index in [1.165, 1.54) is 14.2 Å². The van der Waals surface area contributed by atoms with E-state index in [1.807, 2.05) is 0 Å². The Morgan fingerprint density at radius 3 is 2.00 bits per heavy atom. The molecule has 5 heteroatoms. The molecule has 0 aromatic rings. The van der Waals surface area contributed by atoms with Gasteiger partial charge in [-0.25, -0.2) is 0 Å². The van der Waals surface area contributed by atoms with E-state index >= 15 is 0 Å². The monoisotopic (exact) mass is 190 g/mol. The van der Waals surface area contributed by atoms with Crippen LogP contribution < -0.4 is 0 Å². The molecule has 0 aromatic carbocycles. The zero-order valence-electron chi connectivity index (χ0n) is 7.93. The highest BCUT2D eigenvalue weighted by Gasteiger charge is 2.20. The molecular formula is C8H14O5. The maximum atomic E-state index is 10.4. The zero-order chi connectivity index (χ0) is 10.3.